The van der Waals surface area contributed by atoms with Crippen LogP contribution in [-0.2, 0) is 6.42 Å². The number of pyridine rings is 1. The largest absolute Gasteiger partial charge is 0.328 e. The molecule has 1 heterocycles. The molecule has 0 radical (unpaired) electrons. The summed E-state index contributed by atoms with van der Waals surface area (Å²) in [5.74, 6) is 0. The molecule has 0 fully saturated rings. The predicted molar refractivity (Wildman–Crippen MR) is 71.8 cm³/mol. The predicted octanol–water partition coefficient (Wildman–Crippen LogP) is 3.41. The number of hydrogen-bond acceptors (Lipinski definition) is 2. The van der Waals surface area contributed by atoms with Crippen molar-refractivity contribution in [2.45, 2.75) is 6.42 Å². The first-order valence-corrected chi connectivity index (χ1v) is 5.91. The molecule has 0 aliphatic heterocycles. The minimum Gasteiger partial charge on any atom is -0.328 e. The van der Waals surface area contributed by atoms with Gasteiger partial charge in [-0.2, -0.15) is 5.26 Å². The number of hydrogen-bond donors (Lipinski definition) is 1. The van der Waals surface area contributed by atoms with Crippen molar-refractivity contribution < 1.29 is 0 Å². The smallest absolute Gasteiger partial charge is 0.252 e. The van der Waals surface area contributed by atoms with Gasteiger partial charge in [0.1, 0.15) is 0 Å². The monoisotopic (exact) mass is 278 g/mol. The van der Waals surface area contributed by atoms with E-state index in [2.05, 4.69) is 4.98 Å². The van der Waals surface area contributed by atoms with E-state index in [0.717, 1.165) is 11.1 Å². The Morgan fingerprint density at radius 3 is 2.61 bits per heavy atom. The number of nitrogens with zero attached hydrogens (tertiary/aromatic N) is 1. The van der Waals surface area contributed by atoms with Crippen molar-refractivity contribution >= 4 is 23.2 Å². The second kappa shape index (κ2) is 5.26. The van der Waals surface area contributed by atoms with Gasteiger partial charge in [-0.25, -0.2) is 0 Å². The van der Waals surface area contributed by atoms with E-state index in [4.69, 9.17) is 28.5 Å². The zero-order valence-electron chi connectivity index (χ0n) is 9.21. The number of H-pyrrole nitrogens is 1. The van der Waals surface area contributed by atoms with Crippen LogP contribution in [0.4, 0.5) is 0 Å². The maximum Gasteiger partial charge on any atom is 0.252 e. The molecule has 1 N–H and O–H groups in total. The molecule has 1 aromatic carbocycles. The molecule has 90 valence electrons. The maximum absolute atomic E-state index is 11.5. The molecule has 3 nitrogen and oxygen atoms in total. The van der Waals surface area contributed by atoms with E-state index in [1.807, 2.05) is 6.07 Å². The molecule has 2 rings (SSSR count). The minimum absolute atomic E-state index is 0.0739. The van der Waals surface area contributed by atoms with Gasteiger partial charge in [0.2, 0.25) is 0 Å². The van der Waals surface area contributed by atoms with Crippen LogP contribution in [0.15, 0.2) is 35.3 Å². The molecule has 0 saturated carbocycles. The standard InChI is InChI=1S/C13H8Cl2N2O/c14-11-2-1-8(6-12(11)15)10-5-9(3-4-16)13(18)17-7-10/h1-2,5-7H,3H2,(H,17,18). The highest BCUT2D eigenvalue weighted by Gasteiger charge is 2.05. The number of nitriles is 1. The maximum atomic E-state index is 11.5. The summed E-state index contributed by atoms with van der Waals surface area (Å²) in [6.07, 6.45) is 1.66. The molecule has 0 amide bonds. The van der Waals surface area contributed by atoms with Crippen molar-refractivity contribution in [2.75, 3.05) is 0 Å². The molecule has 5 heteroatoms. The first-order chi connectivity index (χ1) is 8.61. The van der Waals surface area contributed by atoms with Gasteiger partial charge >= 0.3 is 0 Å². The molecule has 0 atom stereocenters. The van der Waals surface area contributed by atoms with Gasteiger partial charge < -0.3 is 4.98 Å². The third-order valence-corrected chi connectivity index (χ3v) is 3.24. The summed E-state index contributed by atoms with van der Waals surface area (Å²) < 4.78 is 0. The number of nitrogens with one attached hydrogen (secondary N) is 1. The Labute approximate surface area is 114 Å². The molecule has 1 aromatic heterocycles. The van der Waals surface area contributed by atoms with Gasteiger partial charge in [-0.1, -0.05) is 29.3 Å². The second-order valence-electron chi connectivity index (χ2n) is 3.71. The van der Waals surface area contributed by atoms with Crippen LogP contribution in [0, 0.1) is 11.3 Å². The van der Waals surface area contributed by atoms with Crippen LogP contribution in [0.25, 0.3) is 11.1 Å². The van der Waals surface area contributed by atoms with Crippen molar-refractivity contribution in [1.82, 2.24) is 4.98 Å². The number of benzene rings is 1. The highest BCUT2D eigenvalue weighted by molar-refractivity contribution is 6.42. The lowest BCUT2D eigenvalue weighted by Crippen LogP contribution is -2.11. The van der Waals surface area contributed by atoms with Gasteiger partial charge in [0.25, 0.3) is 5.56 Å². The van der Waals surface area contributed by atoms with Gasteiger partial charge in [0.05, 0.1) is 22.5 Å². The average molecular weight is 279 g/mol. The third-order valence-electron chi connectivity index (χ3n) is 2.50. The van der Waals surface area contributed by atoms with E-state index in [-0.39, 0.29) is 12.0 Å². The van der Waals surface area contributed by atoms with Gasteiger partial charge in [0, 0.05) is 11.8 Å². The van der Waals surface area contributed by atoms with Crippen molar-refractivity contribution in [2.24, 2.45) is 0 Å². The summed E-state index contributed by atoms with van der Waals surface area (Å²) in [5, 5.41) is 9.57. The van der Waals surface area contributed by atoms with Gasteiger partial charge in [-0.05, 0) is 29.3 Å². The number of rotatable bonds is 2. The summed E-state index contributed by atoms with van der Waals surface area (Å²) in [4.78, 5) is 14.1. The van der Waals surface area contributed by atoms with Crippen molar-refractivity contribution in [1.29, 1.82) is 5.26 Å². The van der Waals surface area contributed by atoms with Crippen LogP contribution in [-0.4, -0.2) is 4.98 Å². The lowest BCUT2D eigenvalue weighted by Gasteiger charge is -2.04. The third kappa shape index (κ3) is 2.56. The van der Waals surface area contributed by atoms with Crippen molar-refractivity contribution in [3.8, 4) is 17.2 Å². The summed E-state index contributed by atoms with van der Waals surface area (Å²) in [5.41, 5.74) is 1.81. The van der Waals surface area contributed by atoms with Crippen molar-refractivity contribution in [3.05, 3.63) is 56.4 Å². The fourth-order valence-corrected chi connectivity index (χ4v) is 1.89. The van der Waals surface area contributed by atoms with E-state index >= 15 is 0 Å². The van der Waals surface area contributed by atoms with Gasteiger partial charge in [0.15, 0.2) is 0 Å². The van der Waals surface area contributed by atoms with E-state index in [1.54, 1.807) is 30.5 Å². The highest BCUT2D eigenvalue weighted by atomic mass is 35.5. The minimum atomic E-state index is -0.250. The Kier molecular flexibility index (Phi) is 3.71. The Hall–Kier alpha value is -1.76. The normalized spacial score (nSPS) is 10.1. The summed E-state index contributed by atoms with van der Waals surface area (Å²) >= 11 is 11.8. The molecule has 0 spiro atoms. The molecule has 0 unspecified atom stereocenters. The molecular weight excluding hydrogens is 271 g/mol. The fraction of sp³-hybridized carbons (Fsp3) is 0.0769. The summed E-state index contributed by atoms with van der Waals surface area (Å²) in [6, 6.07) is 8.85. The number of halogens is 2. The first kappa shape index (κ1) is 12.7. The highest BCUT2D eigenvalue weighted by Crippen LogP contribution is 2.28. The van der Waals surface area contributed by atoms with Gasteiger partial charge in [-0.15, -0.1) is 0 Å². The lowest BCUT2D eigenvalue weighted by molar-refractivity contribution is 1.13. The van der Waals surface area contributed by atoms with Crippen LogP contribution in [0.1, 0.15) is 5.56 Å². The Bertz CT molecular complexity index is 686. The van der Waals surface area contributed by atoms with Gasteiger partial charge in [-0.3, -0.25) is 4.79 Å². The first-order valence-electron chi connectivity index (χ1n) is 5.16. The quantitative estimate of drug-likeness (QED) is 0.915. The summed E-state index contributed by atoms with van der Waals surface area (Å²) in [6.45, 7) is 0. The molecule has 0 aliphatic rings. The SMILES string of the molecule is N#CCc1cc(-c2ccc(Cl)c(Cl)c2)c[nH]c1=O. The van der Waals surface area contributed by atoms with Crippen LogP contribution < -0.4 is 5.56 Å². The molecule has 0 aliphatic carbocycles. The summed E-state index contributed by atoms with van der Waals surface area (Å²) in [7, 11) is 0. The van der Waals surface area contributed by atoms with Crippen LogP contribution in [0.3, 0.4) is 0 Å². The van der Waals surface area contributed by atoms with E-state index in [0.29, 0.717) is 15.6 Å². The molecule has 0 saturated heterocycles. The molecule has 2 aromatic rings. The lowest BCUT2D eigenvalue weighted by atomic mass is 10.1. The Balaban J connectivity index is 2.51. The molecule has 0 bridgehead atoms. The zero-order valence-corrected chi connectivity index (χ0v) is 10.7. The van der Waals surface area contributed by atoms with Crippen LogP contribution in [0.2, 0.25) is 10.0 Å². The van der Waals surface area contributed by atoms with E-state index < -0.39 is 0 Å². The molecule has 18 heavy (non-hydrogen) atoms. The van der Waals surface area contributed by atoms with E-state index in [9.17, 15) is 4.79 Å². The average Bonchev–Trinajstić information content (AvgIpc) is 2.36. The number of aromatic nitrogens is 1. The van der Waals surface area contributed by atoms with Crippen LogP contribution in [0.5, 0.6) is 0 Å². The molecular formula is C13H8Cl2N2O. The second-order valence-corrected chi connectivity index (χ2v) is 4.52. The topological polar surface area (TPSA) is 56.6 Å². The van der Waals surface area contributed by atoms with E-state index in [1.165, 1.54) is 0 Å². The number of aromatic amines is 1. The zero-order chi connectivity index (χ0) is 13.1. The fourth-order valence-electron chi connectivity index (χ4n) is 1.59. The van der Waals surface area contributed by atoms with Crippen LogP contribution >= 0.6 is 23.2 Å². The van der Waals surface area contributed by atoms with Crippen molar-refractivity contribution in [3.63, 3.8) is 0 Å². The Morgan fingerprint density at radius 2 is 1.94 bits per heavy atom. The Morgan fingerprint density at radius 1 is 1.17 bits per heavy atom.